The van der Waals surface area contributed by atoms with Gasteiger partial charge in [0.25, 0.3) is 5.91 Å². The lowest BCUT2D eigenvalue weighted by molar-refractivity contribution is -0.133. The lowest BCUT2D eigenvalue weighted by Crippen LogP contribution is -2.50. The van der Waals surface area contributed by atoms with E-state index < -0.39 is 35.8 Å². The van der Waals surface area contributed by atoms with E-state index in [9.17, 15) is 26.7 Å². The van der Waals surface area contributed by atoms with Crippen LogP contribution in [-0.2, 0) is 9.53 Å². The van der Waals surface area contributed by atoms with Crippen LogP contribution in [0.2, 0.25) is 0 Å². The number of hydrogen-bond donors (Lipinski definition) is 2. The molecular weight excluding hydrogens is 545 g/mol. The van der Waals surface area contributed by atoms with Gasteiger partial charge in [0.15, 0.2) is 0 Å². The molecule has 210 valence electrons. The lowest BCUT2D eigenvalue weighted by atomic mass is 10.0. The van der Waals surface area contributed by atoms with Crippen LogP contribution in [0.1, 0.15) is 32.1 Å². The second-order valence-electron chi connectivity index (χ2n) is 9.09. The second-order valence-corrected chi connectivity index (χ2v) is 11.1. The standard InChI is InChI=1S/C14H18F3NS.C12H14F2N2O2S/c15-12-3-5-13(6-4-12)19-8-2-1-7-18-9-11(10-18)14(16)17;13-8-5-7(6-9(14)11(8)15)19-16-12(17)10-3-1-2-4-18-10/h3-6,11,14H,1-2,7-10H2;5-6,10H,1-4,15H2,(H,16,17). The van der Waals surface area contributed by atoms with Gasteiger partial charge >= 0.3 is 0 Å². The normalized spacial score (nSPS) is 18.0. The topological polar surface area (TPSA) is 67.6 Å². The Morgan fingerprint density at radius 1 is 1.05 bits per heavy atom. The molecule has 2 aromatic rings. The summed E-state index contributed by atoms with van der Waals surface area (Å²) in [5, 5.41) is 0. The number of nitrogens with two attached hydrogens (primary N) is 1. The van der Waals surface area contributed by atoms with Gasteiger partial charge in [0.2, 0.25) is 6.43 Å². The number of likely N-dealkylation sites (tertiary alicyclic amines) is 1. The molecule has 0 bridgehead atoms. The summed E-state index contributed by atoms with van der Waals surface area (Å²) in [7, 11) is 0. The molecule has 2 heterocycles. The number of halogens is 5. The SMILES string of the molecule is Fc1ccc(SCCCCN2CC(C(F)F)C2)cc1.Nc1c(F)cc(SNC(=O)C2CCCCO2)cc1F. The van der Waals surface area contributed by atoms with Gasteiger partial charge < -0.3 is 15.4 Å². The Balaban J connectivity index is 0.000000211. The fourth-order valence-corrected chi connectivity index (χ4v) is 5.44. The van der Waals surface area contributed by atoms with Crippen molar-refractivity contribution >= 4 is 35.3 Å². The molecule has 1 unspecified atom stereocenters. The van der Waals surface area contributed by atoms with Crippen LogP contribution >= 0.6 is 23.7 Å². The van der Waals surface area contributed by atoms with Crippen LogP contribution in [-0.4, -0.2) is 55.3 Å². The summed E-state index contributed by atoms with van der Waals surface area (Å²) in [5.41, 5.74) is 4.64. The number of alkyl halides is 2. The number of rotatable bonds is 10. The van der Waals surface area contributed by atoms with E-state index in [0.717, 1.165) is 67.0 Å². The van der Waals surface area contributed by atoms with E-state index in [-0.39, 0.29) is 16.6 Å². The largest absolute Gasteiger partial charge is 0.394 e. The highest BCUT2D eigenvalue weighted by atomic mass is 32.2. The summed E-state index contributed by atoms with van der Waals surface area (Å²) in [6.07, 6.45) is 1.99. The van der Waals surface area contributed by atoms with Gasteiger partial charge in [0.05, 0.1) is 0 Å². The first kappa shape index (κ1) is 30.5. The maximum atomic E-state index is 13.2. The Bertz CT molecular complexity index is 997. The van der Waals surface area contributed by atoms with Gasteiger partial charge in [-0.3, -0.25) is 9.52 Å². The summed E-state index contributed by atoms with van der Waals surface area (Å²) in [6.45, 7) is 2.56. The van der Waals surface area contributed by atoms with E-state index in [4.69, 9.17) is 10.5 Å². The fraction of sp³-hybridized carbons (Fsp3) is 0.500. The molecule has 1 atom stereocenters. The zero-order valence-corrected chi connectivity index (χ0v) is 22.4. The first-order chi connectivity index (χ1) is 18.2. The number of carbonyl (C=O) groups excluding carboxylic acids is 1. The number of ether oxygens (including phenoxy) is 1. The lowest BCUT2D eigenvalue weighted by Gasteiger charge is -2.38. The van der Waals surface area contributed by atoms with Crippen molar-refractivity contribution in [3.05, 3.63) is 53.8 Å². The van der Waals surface area contributed by atoms with Crippen LogP contribution in [0.3, 0.4) is 0 Å². The monoisotopic (exact) mass is 577 g/mol. The van der Waals surface area contributed by atoms with Gasteiger partial charge in [-0.15, -0.1) is 11.8 Å². The van der Waals surface area contributed by atoms with Gasteiger partial charge in [-0.2, -0.15) is 0 Å². The zero-order chi connectivity index (χ0) is 27.5. The second kappa shape index (κ2) is 15.5. The summed E-state index contributed by atoms with van der Waals surface area (Å²) >= 11 is 2.55. The Morgan fingerprint density at radius 2 is 1.74 bits per heavy atom. The molecule has 0 aromatic heterocycles. The van der Waals surface area contributed by atoms with Crippen molar-refractivity contribution in [3.63, 3.8) is 0 Å². The summed E-state index contributed by atoms with van der Waals surface area (Å²) in [4.78, 5) is 15.1. The first-order valence-corrected chi connectivity index (χ1v) is 14.2. The molecule has 0 spiro atoms. The van der Waals surface area contributed by atoms with Crippen LogP contribution < -0.4 is 10.5 Å². The minimum atomic E-state index is -2.16. The number of unbranched alkanes of at least 4 members (excludes halogenated alkanes) is 1. The van der Waals surface area contributed by atoms with E-state index in [2.05, 4.69) is 9.62 Å². The number of nitrogens with one attached hydrogen (secondary N) is 1. The molecule has 0 saturated carbocycles. The first-order valence-electron chi connectivity index (χ1n) is 12.4. The molecular formula is C26H32F5N3O2S2. The fourth-order valence-electron chi connectivity index (χ4n) is 3.85. The van der Waals surface area contributed by atoms with Crippen molar-refractivity contribution < 1.29 is 31.5 Å². The van der Waals surface area contributed by atoms with E-state index in [1.165, 1.54) is 12.1 Å². The maximum Gasteiger partial charge on any atom is 0.259 e. The third kappa shape index (κ3) is 9.94. The predicted octanol–water partition coefficient (Wildman–Crippen LogP) is 6.13. The maximum absolute atomic E-state index is 13.2. The number of nitrogens with zero attached hydrogens (tertiary/aromatic N) is 1. The quantitative estimate of drug-likeness (QED) is 0.116. The Hall–Kier alpha value is -2.02. The Morgan fingerprint density at radius 3 is 2.34 bits per heavy atom. The van der Waals surface area contributed by atoms with Crippen molar-refractivity contribution in [1.82, 2.24) is 9.62 Å². The zero-order valence-electron chi connectivity index (χ0n) is 20.8. The molecule has 12 heteroatoms. The number of nitrogen functional groups attached to an aromatic ring is 1. The highest BCUT2D eigenvalue weighted by Crippen LogP contribution is 2.25. The summed E-state index contributed by atoms with van der Waals surface area (Å²) in [6, 6.07) is 8.64. The number of amides is 1. The molecule has 3 N–H and O–H groups in total. The third-order valence-corrected chi connectivity index (χ3v) is 7.96. The van der Waals surface area contributed by atoms with Gasteiger partial charge in [-0.1, -0.05) is 0 Å². The minimum Gasteiger partial charge on any atom is -0.394 e. The van der Waals surface area contributed by atoms with E-state index in [1.54, 1.807) is 23.9 Å². The number of hydrogen-bond acceptors (Lipinski definition) is 6. The van der Waals surface area contributed by atoms with Gasteiger partial charge in [-0.25, -0.2) is 22.0 Å². The minimum absolute atomic E-state index is 0.212. The third-order valence-electron chi connectivity index (χ3n) is 6.09. The molecule has 2 saturated heterocycles. The smallest absolute Gasteiger partial charge is 0.259 e. The highest BCUT2D eigenvalue weighted by molar-refractivity contribution is 7.99. The van der Waals surface area contributed by atoms with Crippen LogP contribution in [0.5, 0.6) is 0 Å². The molecule has 5 nitrogen and oxygen atoms in total. The molecule has 4 rings (SSSR count). The van der Waals surface area contributed by atoms with Gasteiger partial charge in [-0.05, 0) is 92.7 Å². The van der Waals surface area contributed by atoms with Crippen LogP contribution in [0.25, 0.3) is 0 Å². The Kier molecular flexibility index (Phi) is 12.5. The van der Waals surface area contributed by atoms with Crippen molar-refractivity contribution in [3.8, 4) is 0 Å². The number of thioether (sulfide) groups is 1. The van der Waals surface area contributed by atoms with E-state index >= 15 is 0 Å². The van der Waals surface area contributed by atoms with Crippen molar-refractivity contribution in [2.45, 2.75) is 54.4 Å². The van der Waals surface area contributed by atoms with Crippen molar-refractivity contribution in [2.75, 3.05) is 37.7 Å². The van der Waals surface area contributed by atoms with Crippen LogP contribution in [0.15, 0.2) is 46.2 Å². The molecule has 2 fully saturated rings. The summed E-state index contributed by atoms with van der Waals surface area (Å²) in [5.74, 6) is -1.61. The average Bonchev–Trinajstić information content (AvgIpc) is 2.88. The van der Waals surface area contributed by atoms with E-state index in [1.807, 2.05) is 0 Å². The predicted molar refractivity (Wildman–Crippen MR) is 141 cm³/mol. The molecule has 1 amide bonds. The number of carbonyl (C=O) groups is 1. The summed E-state index contributed by atoms with van der Waals surface area (Å²) < 4.78 is 71.4. The molecule has 2 aliphatic rings. The van der Waals surface area contributed by atoms with Crippen molar-refractivity contribution in [1.29, 1.82) is 0 Å². The van der Waals surface area contributed by atoms with Gasteiger partial charge in [0.1, 0.15) is 29.2 Å². The average molecular weight is 578 g/mol. The van der Waals surface area contributed by atoms with Crippen LogP contribution in [0.4, 0.5) is 27.6 Å². The molecule has 0 radical (unpaired) electrons. The Labute approximate surface area is 228 Å². The number of anilines is 1. The highest BCUT2D eigenvalue weighted by Gasteiger charge is 2.33. The molecule has 2 aromatic carbocycles. The molecule has 2 aliphatic heterocycles. The van der Waals surface area contributed by atoms with E-state index in [0.29, 0.717) is 26.1 Å². The van der Waals surface area contributed by atoms with Crippen molar-refractivity contribution in [2.24, 2.45) is 5.92 Å². The molecule has 38 heavy (non-hydrogen) atoms. The number of benzene rings is 2. The molecule has 0 aliphatic carbocycles. The van der Waals surface area contributed by atoms with Gasteiger partial charge in [0, 0.05) is 35.4 Å². The van der Waals surface area contributed by atoms with Crippen LogP contribution in [0, 0.1) is 23.4 Å².